The molecule has 0 aliphatic heterocycles. The summed E-state index contributed by atoms with van der Waals surface area (Å²) in [5, 5.41) is 0. The first kappa shape index (κ1) is 9.76. The highest BCUT2D eigenvalue weighted by molar-refractivity contribution is 6.28. The summed E-state index contributed by atoms with van der Waals surface area (Å²) in [5.41, 5.74) is 4.70. The molecule has 2 aliphatic carbocycles. The topological polar surface area (TPSA) is 34.1 Å². The Morgan fingerprint density at radius 3 is 2.24 bits per heavy atom. The zero-order valence-electron chi connectivity index (χ0n) is 8.94. The third kappa shape index (κ3) is 1.36. The van der Waals surface area contributed by atoms with Crippen molar-refractivity contribution in [3.63, 3.8) is 0 Å². The maximum Gasteiger partial charge on any atom is 0.195 e. The predicted octanol–water partition coefficient (Wildman–Crippen LogP) is 2.64. The Labute approximate surface area is 98.3 Å². The van der Waals surface area contributed by atoms with Crippen LogP contribution in [-0.4, -0.2) is 11.6 Å². The number of hydrogen-bond acceptors (Lipinski definition) is 2. The highest BCUT2D eigenvalue weighted by atomic mass is 16.1. The Morgan fingerprint density at radius 2 is 1.53 bits per heavy atom. The average Bonchev–Trinajstić information content (AvgIpc) is 2.62. The van der Waals surface area contributed by atoms with Crippen LogP contribution in [0.2, 0.25) is 0 Å². The lowest BCUT2D eigenvalue weighted by Gasteiger charge is -2.16. The molecule has 0 fully saturated rings. The molecule has 0 amide bonds. The average molecular weight is 220 g/mol. The van der Waals surface area contributed by atoms with Gasteiger partial charge in [-0.15, -0.1) is 5.73 Å². The molecule has 2 nitrogen and oxygen atoms in total. The van der Waals surface area contributed by atoms with Gasteiger partial charge in [0.15, 0.2) is 11.6 Å². The van der Waals surface area contributed by atoms with Crippen LogP contribution >= 0.6 is 0 Å². The third-order valence-corrected chi connectivity index (χ3v) is 2.88. The van der Waals surface area contributed by atoms with Crippen LogP contribution < -0.4 is 0 Å². The number of benzene rings is 1. The van der Waals surface area contributed by atoms with Gasteiger partial charge in [-0.3, -0.25) is 9.59 Å². The van der Waals surface area contributed by atoms with Gasteiger partial charge in [-0.1, -0.05) is 30.3 Å². The highest BCUT2D eigenvalue weighted by Crippen LogP contribution is 2.28. The first-order chi connectivity index (χ1) is 8.29. The number of Topliss-reactive ketones (excluding diaryl/α,β-unsaturated/α-hetero) is 2. The van der Waals surface area contributed by atoms with Crippen LogP contribution in [0.3, 0.4) is 0 Å². The van der Waals surface area contributed by atoms with Crippen molar-refractivity contribution in [1.29, 1.82) is 0 Å². The molecule has 0 N–H and O–H groups in total. The predicted molar refractivity (Wildman–Crippen MR) is 63.9 cm³/mol. The molecule has 3 rings (SSSR count). The van der Waals surface area contributed by atoms with E-state index in [-0.39, 0.29) is 11.6 Å². The van der Waals surface area contributed by atoms with Gasteiger partial charge in [0.05, 0.1) is 0 Å². The summed E-state index contributed by atoms with van der Waals surface area (Å²) in [7, 11) is 0. The lowest BCUT2D eigenvalue weighted by molar-refractivity contribution is 0.0980. The van der Waals surface area contributed by atoms with Crippen LogP contribution in [0, 0.1) is 0 Å². The fraction of sp³-hybridized carbons (Fsp3) is 0. The number of hydrogen-bond donors (Lipinski definition) is 0. The largest absolute Gasteiger partial charge is 0.289 e. The van der Waals surface area contributed by atoms with Gasteiger partial charge in [0.25, 0.3) is 0 Å². The van der Waals surface area contributed by atoms with Gasteiger partial charge in [0.1, 0.15) is 0 Å². The standard InChI is InChI=1S/C15H8O2/c16-14-10-6-2-1-3-7-11(10)15(17)13-9-5-4-8-12(13)14/h1-2,4-9H. The summed E-state index contributed by atoms with van der Waals surface area (Å²) in [4.78, 5) is 24.4. The van der Waals surface area contributed by atoms with Crippen LogP contribution in [0.25, 0.3) is 0 Å². The second-order valence-corrected chi connectivity index (χ2v) is 3.87. The fourth-order valence-electron chi connectivity index (χ4n) is 2.05. The zero-order chi connectivity index (χ0) is 11.8. The van der Waals surface area contributed by atoms with Gasteiger partial charge in [0, 0.05) is 22.3 Å². The molecular formula is C15H8O2. The molecule has 0 spiro atoms. The van der Waals surface area contributed by atoms with Crippen molar-refractivity contribution in [3.8, 4) is 0 Å². The van der Waals surface area contributed by atoms with Crippen molar-refractivity contribution in [2.45, 2.75) is 0 Å². The summed E-state index contributed by atoms with van der Waals surface area (Å²) in [6.45, 7) is 0. The van der Waals surface area contributed by atoms with Crippen molar-refractivity contribution in [1.82, 2.24) is 0 Å². The van der Waals surface area contributed by atoms with Crippen molar-refractivity contribution < 1.29 is 9.59 Å². The van der Waals surface area contributed by atoms with Crippen LogP contribution in [0.15, 0.2) is 65.4 Å². The Morgan fingerprint density at radius 1 is 0.882 bits per heavy atom. The number of carbonyl (C=O) groups excluding carboxylic acids is 2. The first-order valence-electron chi connectivity index (χ1n) is 5.31. The van der Waals surface area contributed by atoms with E-state index in [0.29, 0.717) is 22.3 Å². The van der Waals surface area contributed by atoms with Crippen LogP contribution in [-0.2, 0) is 0 Å². The molecule has 0 heterocycles. The second-order valence-electron chi connectivity index (χ2n) is 3.87. The molecule has 0 unspecified atom stereocenters. The van der Waals surface area contributed by atoms with E-state index in [1.165, 1.54) is 0 Å². The smallest absolute Gasteiger partial charge is 0.195 e. The first-order valence-corrected chi connectivity index (χ1v) is 5.31. The summed E-state index contributed by atoms with van der Waals surface area (Å²) in [6.07, 6.45) is 6.65. The molecule has 80 valence electrons. The minimum Gasteiger partial charge on any atom is -0.289 e. The molecule has 1 aromatic rings. The molecule has 0 saturated carbocycles. The van der Waals surface area contributed by atoms with Crippen LogP contribution in [0.1, 0.15) is 20.7 Å². The fourth-order valence-corrected chi connectivity index (χ4v) is 2.05. The second kappa shape index (κ2) is 3.55. The zero-order valence-corrected chi connectivity index (χ0v) is 8.94. The van der Waals surface area contributed by atoms with E-state index >= 15 is 0 Å². The molecule has 0 atom stereocenters. The lowest BCUT2D eigenvalue weighted by Crippen LogP contribution is -2.20. The van der Waals surface area contributed by atoms with E-state index < -0.39 is 0 Å². The molecule has 0 aromatic heterocycles. The van der Waals surface area contributed by atoms with E-state index in [1.54, 1.807) is 48.6 Å². The number of fused-ring (bicyclic) bond motifs is 1. The number of ketones is 2. The van der Waals surface area contributed by atoms with Crippen molar-refractivity contribution in [2.75, 3.05) is 0 Å². The van der Waals surface area contributed by atoms with E-state index in [0.717, 1.165) is 0 Å². The summed E-state index contributed by atoms with van der Waals surface area (Å²) in [6, 6.07) is 6.91. The molecule has 17 heavy (non-hydrogen) atoms. The SMILES string of the molecule is O=C1C2=C(C=CC=C=C2)C(=O)c2ccccc21. The molecule has 0 saturated heterocycles. The molecular weight excluding hydrogens is 212 g/mol. The molecule has 0 radical (unpaired) electrons. The minimum atomic E-state index is -0.109. The van der Waals surface area contributed by atoms with Gasteiger partial charge in [-0.2, -0.15) is 0 Å². The summed E-state index contributed by atoms with van der Waals surface area (Å²) >= 11 is 0. The maximum absolute atomic E-state index is 12.2. The van der Waals surface area contributed by atoms with Gasteiger partial charge < -0.3 is 0 Å². The van der Waals surface area contributed by atoms with E-state index in [4.69, 9.17) is 0 Å². The lowest BCUT2D eigenvalue weighted by atomic mass is 9.84. The molecule has 2 heteroatoms. The van der Waals surface area contributed by atoms with Gasteiger partial charge >= 0.3 is 0 Å². The van der Waals surface area contributed by atoms with Crippen LogP contribution in [0.4, 0.5) is 0 Å². The minimum absolute atomic E-state index is 0.0974. The van der Waals surface area contributed by atoms with Crippen LogP contribution in [0.5, 0.6) is 0 Å². The van der Waals surface area contributed by atoms with Crippen molar-refractivity contribution in [3.05, 3.63) is 76.6 Å². The Kier molecular flexibility index (Phi) is 2.04. The molecule has 1 aromatic carbocycles. The van der Waals surface area contributed by atoms with E-state index in [2.05, 4.69) is 5.73 Å². The van der Waals surface area contributed by atoms with Gasteiger partial charge in [-0.25, -0.2) is 0 Å². The monoisotopic (exact) mass is 220 g/mol. The quantitative estimate of drug-likeness (QED) is 0.630. The Balaban J connectivity index is 2.31. The summed E-state index contributed by atoms with van der Waals surface area (Å²) < 4.78 is 0. The number of carbonyl (C=O) groups is 2. The van der Waals surface area contributed by atoms with E-state index in [1.807, 2.05) is 0 Å². The number of rotatable bonds is 0. The highest BCUT2D eigenvalue weighted by Gasteiger charge is 2.29. The van der Waals surface area contributed by atoms with Gasteiger partial charge in [-0.05, 0) is 18.2 Å². The normalized spacial score (nSPS) is 16.9. The Hall–Kier alpha value is -2.44. The number of allylic oxidation sites excluding steroid dienone is 5. The molecule has 0 bridgehead atoms. The van der Waals surface area contributed by atoms with Gasteiger partial charge in [0.2, 0.25) is 0 Å². The third-order valence-electron chi connectivity index (χ3n) is 2.88. The summed E-state index contributed by atoms with van der Waals surface area (Å²) in [5.74, 6) is -0.206. The van der Waals surface area contributed by atoms with Crippen molar-refractivity contribution >= 4 is 11.6 Å². The van der Waals surface area contributed by atoms with Crippen molar-refractivity contribution in [2.24, 2.45) is 0 Å². The maximum atomic E-state index is 12.2. The molecule has 2 aliphatic rings. The van der Waals surface area contributed by atoms with E-state index in [9.17, 15) is 9.59 Å². The Bertz CT molecular complexity index is 666.